The number of carbonyl (C=O) groups excluding carboxylic acids is 3. The summed E-state index contributed by atoms with van der Waals surface area (Å²) in [5.74, 6) is -1.34. The number of esters is 2. The van der Waals surface area contributed by atoms with Crippen LogP contribution in [0, 0.1) is 0 Å². The molecule has 0 aliphatic carbocycles. The number of aliphatic hydroxyl groups is 2. The van der Waals surface area contributed by atoms with Gasteiger partial charge in [-0.2, -0.15) is 0 Å². The third-order valence-electron chi connectivity index (χ3n) is 5.95. The Morgan fingerprint density at radius 3 is 1.47 bits per heavy atom. The van der Waals surface area contributed by atoms with E-state index >= 15 is 0 Å². The fourth-order valence-electron chi connectivity index (χ4n) is 4.08. The quantitative estimate of drug-likeness (QED) is 0.553. The van der Waals surface area contributed by atoms with Crippen LogP contribution >= 0.6 is 0 Å². The molecule has 1 fully saturated rings. The van der Waals surface area contributed by atoms with Crippen LogP contribution in [-0.2, 0) is 31.9 Å². The SMILES string of the molecule is COC(=O)[C@H](Cc1ccccc1)N1C[C@@H](O)[C@@H](O)CN([C@@H](Cc2ccccc2)C(=O)OC)C1=O. The van der Waals surface area contributed by atoms with Gasteiger partial charge < -0.3 is 29.5 Å². The van der Waals surface area contributed by atoms with E-state index in [1.165, 1.54) is 24.0 Å². The number of carbonyl (C=O) groups is 3. The Kier molecular flexibility index (Phi) is 8.61. The first-order valence-electron chi connectivity index (χ1n) is 11.0. The van der Waals surface area contributed by atoms with Crippen molar-refractivity contribution in [2.24, 2.45) is 0 Å². The molecule has 0 aromatic heterocycles. The molecule has 9 heteroatoms. The Balaban J connectivity index is 1.99. The van der Waals surface area contributed by atoms with E-state index in [-0.39, 0.29) is 25.9 Å². The lowest BCUT2D eigenvalue weighted by molar-refractivity contribution is -0.146. The lowest BCUT2D eigenvalue weighted by Gasteiger charge is -2.35. The Bertz CT molecular complexity index is 892. The van der Waals surface area contributed by atoms with Gasteiger partial charge >= 0.3 is 18.0 Å². The van der Waals surface area contributed by atoms with Crippen LogP contribution in [0.1, 0.15) is 11.1 Å². The van der Waals surface area contributed by atoms with Crippen LogP contribution in [0.15, 0.2) is 60.7 Å². The van der Waals surface area contributed by atoms with Gasteiger partial charge in [-0.25, -0.2) is 14.4 Å². The Morgan fingerprint density at radius 1 is 0.794 bits per heavy atom. The number of ether oxygens (including phenoxy) is 2. The molecule has 1 saturated heterocycles. The fraction of sp³-hybridized carbons (Fsp3) is 0.400. The zero-order valence-corrected chi connectivity index (χ0v) is 19.2. The number of benzene rings is 2. The van der Waals surface area contributed by atoms with Crippen molar-refractivity contribution in [1.29, 1.82) is 0 Å². The third kappa shape index (κ3) is 5.92. The number of β-amino-alcohol motifs (C(OH)–C–C–N with tert-alkyl or cyclic N) is 2. The highest BCUT2D eigenvalue weighted by Gasteiger charge is 2.43. The summed E-state index contributed by atoms with van der Waals surface area (Å²) < 4.78 is 9.92. The van der Waals surface area contributed by atoms with Crippen LogP contribution in [-0.4, -0.2) is 89.6 Å². The number of amides is 2. The predicted octanol–water partition coefficient (Wildman–Crippen LogP) is 1.01. The molecule has 2 aromatic rings. The molecule has 1 aliphatic heterocycles. The Morgan fingerprint density at radius 2 is 1.15 bits per heavy atom. The fourth-order valence-corrected chi connectivity index (χ4v) is 4.08. The van der Waals surface area contributed by atoms with Crippen molar-refractivity contribution in [1.82, 2.24) is 9.80 Å². The maximum atomic E-state index is 13.8. The van der Waals surface area contributed by atoms with Crippen LogP contribution in [0.25, 0.3) is 0 Å². The number of nitrogens with zero attached hydrogens (tertiary/aromatic N) is 2. The van der Waals surface area contributed by atoms with Crippen molar-refractivity contribution >= 4 is 18.0 Å². The largest absolute Gasteiger partial charge is 0.467 e. The van der Waals surface area contributed by atoms with Crippen molar-refractivity contribution < 1.29 is 34.1 Å². The van der Waals surface area contributed by atoms with E-state index in [9.17, 15) is 24.6 Å². The lowest BCUT2D eigenvalue weighted by atomic mass is 10.0. The van der Waals surface area contributed by atoms with Gasteiger partial charge in [-0.1, -0.05) is 60.7 Å². The van der Waals surface area contributed by atoms with Gasteiger partial charge in [0.25, 0.3) is 0 Å². The van der Waals surface area contributed by atoms with E-state index in [4.69, 9.17) is 9.47 Å². The van der Waals surface area contributed by atoms with Gasteiger partial charge in [-0.15, -0.1) is 0 Å². The van der Waals surface area contributed by atoms with Gasteiger partial charge in [0.15, 0.2) is 0 Å². The van der Waals surface area contributed by atoms with Gasteiger partial charge in [0.05, 0.1) is 39.5 Å². The second-order valence-electron chi connectivity index (χ2n) is 8.18. The van der Waals surface area contributed by atoms with E-state index in [0.29, 0.717) is 0 Å². The second kappa shape index (κ2) is 11.6. The first kappa shape index (κ1) is 25.2. The molecule has 4 atom stereocenters. The Labute approximate surface area is 198 Å². The molecule has 2 N–H and O–H groups in total. The van der Waals surface area contributed by atoms with Crippen LogP contribution < -0.4 is 0 Å². The van der Waals surface area contributed by atoms with E-state index in [1.54, 1.807) is 0 Å². The summed E-state index contributed by atoms with van der Waals surface area (Å²) in [6, 6.07) is 15.3. The highest BCUT2D eigenvalue weighted by molar-refractivity contribution is 5.88. The summed E-state index contributed by atoms with van der Waals surface area (Å²) in [6.45, 7) is -0.606. The topological polar surface area (TPSA) is 117 Å². The number of hydrogen-bond donors (Lipinski definition) is 2. The highest BCUT2D eigenvalue weighted by Crippen LogP contribution is 2.22. The molecule has 0 radical (unpaired) electrons. The molecular weight excluding hydrogens is 440 g/mol. The normalized spacial score (nSPS) is 20.3. The lowest BCUT2D eigenvalue weighted by Crippen LogP contribution is -2.56. The van der Waals surface area contributed by atoms with Crippen molar-refractivity contribution in [3.05, 3.63) is 71.8 Å². The minimum absolute atomic E-state index is 0.136. The number of rotatable bonds is 8. The molecule has 0 saturated carbocycles. The summed E-state index contributed by atoms with van der Waals surface area (Å²) >= 11 is 0. The zero-order valence-electron chi connectivity index (χ0n) is 19.2. The summed E-state index contributed by atoms with van der Waals surface area (Å²) in [4.78, 5) is 41.6. The first-order chi connectivity index (χ1) is 16.3. The van der Waals surface area contributed by atoms with Crippen LogP contribution in [0.4, 0.5) is 4.79 Å². The van der Waals surface area contributed by atoms with Crippen molar-refractivity contribution in [2.45, 2.75) is 37.1 Å². The monoisotopic (exact) mass is 470 g/mol. The Hall–Kier alpha value is -3.43. The molecule has 9 nitrogen and oxygen atoms in total. The summed E-state index contributed by atoms with van der Waals surface area (Å²) in [5, 5.41) is 21.1. The molecule has 2 aromatic carbocycles. The highest BCUT2D eigenvalue weighted by atomic mass is 16.5. The van der Waals surface area contributed by atoms with Crippen molar-refractivity contribution in [2.75, 3.05) is 27.3 Å². The maximum absolute atomic E-state index is 13.8. The van der Waals surface area contributed by atoms with Gasteiger partial charge in [-0.05, 0) is 11.1 Å². The molecule has 0 spiro atoms. The molecule has 3 rings (SSSR count). The number of aliphatic hydroxyl groups excluding tert-OH is 2. The molecule has 0 bridgehead atoms. The first-order valence-corrected chi connectivity index (χ1v) is 11.0. The third-order valence-corrected chi connectivity index (χ3v) is 5.95. The van der Waals surface area contributed by atoms with Gasteiger partial charge in [0.2, 0.25) is 0 Å². The van der Waals surface area contributed by atoms with Crippen molar-refractivity contribution in [3.8, 4) is 0 Å². The van der Waals surface area contributed by atoms with Crippen LogP contribution in [0.2, 0.25) is 0 Å². The van der Waals surface area contributed by atoms with E-state index in [1.807, 2.05) is 60.7 Å². The van der Waals surface area contributed by atoms with E-state index in [2.05, 4.69) is 0 Å². The summed E-state index contributed by atoms with van der Waals surface area (Å²) in [5.41, 5.74) is 1.57. The maximum Gasteiger partial charge on any atom is 0.328 e. The smallest absolute Gasteiger partial charge is 0.328 e. The average molecular weight is 471 g/mol. The molecule has 182 valence electrons. The molecule has 34 heavy (non-hydrogen) atoms. The van der Waals surface area contributed by atoms with Gasteiger partial charge in [0.1, 0.15) is 12.1 Å². The van der Waals surface area contributed by atoms with E-state index in [0.717, 1.165) is 11.1 Å². The standard InChI is InChI=1S/C25H30N2O7/c1-33-23(30)19(13-17-9-5-3-6-10-17)26-15-21(28)22(29)16-27(25(26)32)20(24(31)34-2)14-18-11-7-4-8-12-18/h3-12,19-22,28-29H,13-16H2,1-2H3/t19-,20-,21-,22+/m0/s1. The summed E-state index contributed by atoms with van der Waals surface area (Å²) in [7, 11) is 2.44. The zero-order chi connectivity index (χ0) is 24.7. The molecular formula is C25H30N2O7. The molecule has 0 unspecified atom stereocenters. The number of methoxy groups -OCH3 is 2. The molecule has 2 amide bonds. The molecule has 1 aliphatic rings. The van der Waals surface area contributed by atoms with E-state index < -0.39 is 42.3 Å². The predicted molar refractivity (Wildman–Crippen MR) is 123 cm³/mol. The van der Waals surface area contributed by atoms with Gasteiger partial charge in [0, 0.05) is 12.8 Å². The van der Waals surface area contributed by atoms with Gasteiger partial charge in [-0.3, -0.25) is 0 Å². The number of hydrogen-bond acceptors (Lipinski definition) is 7. The summed E-state index contributed by atoms with van der Waals surface area (Å²) in [6.07, 6.45) is -2.38. The molecule has 1 heterocycles. The van der Waals surface area contributed by atoms with Crippen LogP contribution in [0.3, 0.4) is 0 Å². The van der Waals surface area contributed by atoms with Crippen LogP contribution in [0.5, 0.6) is 0 Å². The second-order valence-corrected chi connectivity index (χ2v) is 8.18. The number of urea groups is 1. The van der Waals surface area contributed by atoms with Crippen molar-refractivity contribution in [3.63, 3.8) is 0 Å². The average Bonchev–Trinajstić information content (AvgIpc) is 2.97. The minimum atomic E-state index is -1.33. The minimum Gasteiger partial charge on any atom is -0.467 e.